The number of hydrogen-bond donors (Lipinski definition) is 0. The number of halogens is 2. The van der Waals surface area contributed by atoms with Crippen LogP contribution in [0, 0.1) is 0 Å². The first-order valence-electron chi connectivity index (χ1n) is 3.63. The summed E-state index contributed by atoms with van der Waals surface area (Å²) in [5.41, 5.74) is 0.157. The predicted octanol–water partition coefficient (Wildman–Crippen LogP) is 2.47. The number of methoxy groups -OCH3 is 1. The van der Waals surface area contributed by atoms with E-state index < -0.39 is 11.4 Å². The average Bonchev–Trinajstić information content (AvgIpc) is 2.16. The molecule has 0 saturated heterocycles. The lowest BCUT2D eigenvalue weighted by Gasteiger charge is -2.08. The molecule has 4 heteroatoms. The van der Waals surface area contributed by atoms with Crippen LogP contribution in [0.15, 0.2) is 24.3 Å². The molecule has 1 aromatic carbocycles. The third kappa shape index (κ3) is 2.18. The van der Waals surface area contributed by atoms with Gasteiger partial charge in [-0.1, -0.05) is 18.2 Å². The molecule has 0 aliphatic rings. The van der Waals surface area contributed by atoms with E-state index in [-0.39, 0.29) is 5.56 Å². The average molecular weight is 203 g/mol. The number of ether oxygens (including phenoxy) is 1. The fraction of sp³-hybridized carbons (Fsp3) is 0.222. The highest BCUT2D eigenvalue weighted by Gasteiger charge is 2.20. The summed E-state index contributed by atoms with van der Waals surface area (Å²) in [6, 6.07) is 6.34. The van der Waals surface area contributed by atoms with Crippen molar-refractivity contribution in [2.24, 2.45) is 0 Å². The second kappa shape index (κ2) is 4.23. The molecule has 0 amide bonds. The van der Waals surface area contributed by atoms with Crippen LogP contribution in [0.3, 0.4) is 0 Å². The topological polar surface area (TPSA) is 26.3 Å². The molecule has 13 heavy (non-hydrogen) atoms. The largest absolute Gasteiger partial charge is 0.496 e. The van der Waals surface area contributed by atoms with Gasteiger partial charge in [0, 0.05) is 5.56 Å². The van der Waals surface area contributed by atoms with Gasteiger partial charge in [-0.3, -0.25) is 4.79 Å². The fourth-order valence-electron chi connectivity index (χ4n) is 0.998. The molecule has 0 saturated carbocycles. The van der Waals surface area contributed by atoms with E-state index in [2.05, 4.69) is 0 Å². The van der Waals surface area contributed by atoms with Gasteiger partial charge in [-0.15, -0.1) is 0 Å². The standard InChI is InChI=1S/C9H8ClFO2/c1-13-7-5-3-2-4-6(7)8(11)9(10)12/h2-5,8H,1H3. The van der Waals surface area contributed by atoms with Crippen LogP contribution >= 0.6 is 11.6 Å². The summed E-state index contributed by atoms with van der Waals surface area (Å²) in [6.07, 6.45) is -1.82. The summed E-state index contributed by atoms with van der Waals surface area (Å²) in [4.78, 5) is 10.5. The number of carbonyl (C=O) groups is 1. The summed E-state index contributed by atoms with van der Waals surface area (Å²) in [5, 5.41) is -1.04. The minimum absolute atomic E-state index is 0.157. The van der Waals surface area contributed by atoms with E-state index in [0.717, 1.165) is 0 Å². The van der Waals surface area contributed by atoms with Gasteiger partial charge in [0.1, 0.15) is 5.75 Å². The van der Waals surface area contributed by atoms with Gasteiger partial charge in [0.25, 0.3) is 5.24 Å². The lowest BCUT2D eigenvalue weighted by Crippen LogP contribution is -2.02. The molecule has 1 rings (SSSR count). The highest BCUT2D eigenvalue weighted by Crippen LogP contribution is 2.28. The maximum absolute atomic E-state index is 13.1. The van der Waals surface area contributed by atoms with Crippen LogP contribution in [0.4, 0.5) is 4.39 Å². The molecule has 0 heterocycles. The molecule has 0 N–H and O–H groups in total. The van der Waals surface area contributed by atoms with Gasteiger partial charge in [-0.2, -0.15) is 0 Å². The zero-order chi connectivity index (χ0) is 9.84. The number of alkyl halides is 1. The minimum Gasteiger partial charge on any atom is -0.496 e. The number of carbonyl (C=O) groups excluding carboxylic acids is 1. The normalized spacial score (nSPS) is 12.2. The van der Waals surface area contributed by atoms with Crippen LogP contribution in [0.5, 0.6) is 5.75 Å². The predicted molar refractivity (Wildman–Crippen MR) is 47.7 cm³/mol. The van der Waals surface area contributed by atoms with E-state index >= 15 is 0 Å². The number of hydrogen-bond acceptors (Lipinski definition) is 2. The molecule has 1 unspecified atom stereocenters. The van der Waals surface area contributed by atoms with Crippen LogP contribution in [0.25, 0.3) is 0 Å². The highest BCUT2D eigenvalue weighted by atomic mass is 35.5. The Balaban J connectivity index is 3.05. The van der Waals surface area contributed by atoms with Gasteiger partial charge in [-0.25, -0.2) is 4.39 Å². The maximum Gasteiger partial charge on any atom is 0.260 e. The summed E-state index contributed by atoms with van der Waals surface area (Å²) in [7, 11) is 1.41. The quantitative estimate of drug-likeness (QED) is 0.704. The molecule has 2 nitrogen and oxygen atoms in total. The molecule has 1 aromatic rings. The summed E-state index contributed by atoms with van der Waals surface area (Å²) < 4.78 is 18.0. The van der Waals surface area contributed by atoms with Crippen molar-refractivity contribution in [2.75, 3.05) is 7.11 Å². The van der Waals surface area contributed by atoms with Crippen LogP contribution in [-0.4, -0.2) is 12.4 Å². The Morgan fingerprint density at radius 2 is 2.15 bits per heavy atom. The molecule has 0 aliphatic carbocycles. The number of para-hydroxylation sites is 1. The van der Waals surface area contributed by atoms with E-state index in [1.807, 2.05) is 0 Å². The molecule has 0 fully saturated rings. The molecule has 0 radical (unpaired) electrons. The van der Waals surface area contributed by atoms with Crippen molar-refractivity contribution in [3.63, 3.8) is 0 Å². The molecule has 1 atom stereocenters. The van der Waals surface area contributed by atoms with Crippen molar-refractivity contribution in [3.8, 4) is 5.75 Å². The second-order valence-electron chi connectivity index (χ2n) is 2.41. The Kier molecular flexibility index (Phi) is 3.25. The van der Waals surface area contributed by atoms with Crippen LogP contribution in [-0.2, 0) is 4.79 Å². The smallest absolute Gasteiger partial charge is 0.260 e. The molecular weight excluding hydrogens is 195 g/mol. The molecule has 70 valence electrons. The van der Waals surface area contributed by atoms with Crippen molar-refractivity contribution in [1.82, 2.24) is 0 Å². The Bertz CT molecular complexity index is 314. The van der Waals surface area contributed by atoms with Crippen molar-refractivity contribution in [3.05, 3.63) is 29.8 Å². The van der Waals surface area contributed by atoms with Gasteiger partial charge < -0.3 is 4.74 Å². The van der Waals surface area contributed by atoms with E-state index in [9.17, 15) is 9.18 Å². The van der Waals surface area contributed by atoms with Crippen molar-refractivity contribution < 1.29 is 13.9 Å². The van der Waals surface area contributed by atoms with E-state index in [1.165, 1.54) is 13.2 Å². The highest BCUT2D eigenvalue weighted by molar-refractivity contribution is 6.64. The molecular formula is C9H8ClFO2. The Hall–Kier alpha value is -1.09. The minimum atomic E-state index is -1.82. The molecule has 0 aromatic heterocycles. The van der Waals surface area contributed by atoms with E-state index in [1.54, 1.807) is 18.2 Å². The fourth-order valence-corrected chi connectivity index (χ4v) is 1.12. The number of rotatable bonds is 3. The lowest BCUT2D eigenvalue weighted by molar-refractivity contribution is -0.116. The number of benzene rings is 1. The lowest BCUT2D eigenvalue weighted by atomic mass is 10.1. The third-order valence-corrected chi connectivity index (χ3v) is 1.80. The molecule has 0 spiro atoms. The Morgan fingerprint density at radius 1 is 1.54 bits per heavy atom. The van der Waals surface area contributed by atoms with Gasteiger partial charge in [0.15, 0.2) is 0 Å². The third-order valence-electron chi connectivity index (χ3n) is 1.61. The summed E-state index contributed by atoms with van der Waals surface area (Å²) >= 11 is 5.02. The summed E-state index contributed by atoms with van der Waals surface area (Å²) in [5.74, 6) is 0.323. The van der Waals surface area contributed by atoms with Gasteiger partial charge >= 0.3 is 0 Å². The first-order valence-corrected chi connectivity index (χ1v) is 4.01. The second-order valence-corrected chi connectivity index (χ2v) is 2.78. The Labute approximate surface area is 80.3 Å². The van der Waals surface area contributed by atoms with E-state index in [4.69, 9.17) is 16.3 Å². The summed E-state index contributed by atoms with van der Waals surface area (Å²) in [6.45, 7) is 0. The zero-order valence-corrected chi connectivity index (χ0v) is 7.72. The SMILES string of the molecule is COc1ccccc1C(F)C(=O)Cl. The maximum atomic E-state index is 13.1. The monoisotopic (exact) mass is 202 g/mol. The van der Waals surface area contributed by atoms with Crippen LogP contribution in [0.2, 0.25) is 0 Å². The first-order chi connectivity index (χ1) is 6.16. The first kappa shape index (κ1) is 9.99. The van der Waals surface area contributed by atoms with Crippen molar-refractivity contribution >= 4 is 16.8 Å². The molecule has 0 aliphatic heterocycles. The van der Waals surface area contributed by atoms with Gasteiger partial charge in [0.05, 0.1) is 7.11 Å². The zero-order valence-electron chi connectivity index (χ0n) is 6.96. The van der Waals surface area contributed by atoms with Crippen LogP contribution < -0.4 is 4.74 Å². The van der Waals surface area contributed by atoms with E-state index in [0.29, 0.717) is 5.75 Å². The van der Waals surface area contributed by atoms with Crippen LogP contribution in [0.1, 0.15) is 11.7 Å². The van der Waals surface area contributed by atoms with Crippen molar-refractivity contribution in [2.45, 2.75) is 6.17 Å². The van der Waals surface area contributed by atoms with Gasteiger partial charge in [-0.05, 0) is 17.7 Å². The Morgan fingerprint density at radius 3 is 2.69 bits per heavy atom. The van der Waals surface area contributed by atoms with Crippen molar-refractivity contribution in [1.29, 1.82) is 0 Å². The van der Waals surface area contributed by atoms with Gasteiger partial charge in [0.2, 0.25) is 6.17 Å². The molecule has 0 bridgehead atoms.